The van der Waals surface area contributed by atoms with Crippen LogP contribution >= 0.6 is 0 Å². The number of methoxy groups -OCH3 is 3. The number of aliphatic hydroxyl groups is 1. The topological polar surface area (TPSA) is 60.0 Å². The molecular formula is C15H23NO4. The molecule has 0 spiro atoms. The van der Waals surface area contributed by atoms with Gasteiger partial charge in [-0.1, -0.05) is 0 Å². The van der Waals surface area contributed by atoms with Crippen molar-refractivity contribution in [1.82, 2.24) is 5.32 Å². The molecule has 20 heavy (non-hydrogen) atoms. The Kier molecular flexibility index (Phi) is 5.09. The van der Waals surface area contributed by atoms with Crippen LogP contribution < -0.4 is 19.5 Å². The normalized spacial score (nSPS) is 21.2. The minimum atomic E-state index is -0.0996. The molecule has 112 valence electrons. The molecule has 0 heterocycles. The van der Waals surface area contributed by atoms with Gasteiger partial charge in [-0.2, -0.15) is 0 Å². The van der Waals surface area contributed by atoms with Crippen LogP contribution in [0.1, 0.15) is 18.4 Å². The quantitative estimate of drug-likeness (QED) is 0.794. The molecular weight excluding hydrogens is 258 g/mol. The molecule has 0 bridgehead atoms. The van der Waals surface area contributed by atoms with Gasteiger partial charge in [0.15, 0.2) is 11.5 Å². The third-order valence-electron chi connectivity index (χ3n) is 3.75. The van der Waals surface area contributed by atoms with Crippen molar-refractivity contribution in [2.45, 2.75) is 25.5 Å². The minimum Gasteiger partial charge on any atom is -0.496 e. The highest BCUT2D eigenvalue weighted by molar-refractivity contribution is 5.50. The van der Waals surface area contributed by atoms with Crippen LogP contribution in [-0.4, -0.2) is 39.1 Å². The first-order chi connectivity index (χ1) is 9.67. The summed E-state index contributed by atoms with van der Waals surface area (Å²) in [5.41, 5.74) is 1.03. The van der Waals surface area contributed by atoms with E-state index >= 15 is 0 Å². The van der Waals surface area contributed by atoms with E-state index in [1.54, 1.807) is 21.3 Å². The maximum atomic E-state index is 9.26. The fourth-order valence-corrected chi connectivity index (χ4v) is 2.51. The van der Waals surface area contributed by atoms with E-state index < -0.39 is 0 Å². The lowest BCUT2D eigenvalue weighted by Crippen LogP contribution is -2.35. The zero-order valence-electron chi connectivity index (χ0n) is 12.3. The van der Waals surface area contributed by atoms with Gasteiger partial charge in [0.2, 0.25) is 0 Å². The van der Waals surface area contributed by atoms with Crippen LogP contribution in [0.2, 0.25) is 0 Å². The summed E-state index contributed by atoms with van der Waals surface area (Å²) in [4.78, 5) is 0. The molecule has 1 aromatic carbocycles. The van der Waals surface area contributed by atoms with Crippen molar-refractivity contribution in [2.75, 3.05) is 27.9 Å². The van der Waals surface area contributed by atoms with Crippen LogP contribution in [0, 0.1) is 5.92 Å². The molecule has 0 aromatic heterocycles. The molecule has 5 heteroatoms. The lowest BCUT2D eigenvalue weighted by atomic mass is 9.82. The van der Waals surface area contributed by atoms with E-state index in [1.165, 1.54) is 0 Å². The van der Waals surface area contributed by atoms with E-state index in [9.17, 15) is 5.11 Å². The van der Waals surface area contributed by atoms with Gasteiger partial charge in [0, 0.05) is 18.2 Å². The maximum absolute atomic E-state index is 9.26. The summed E-state index contributed by atoms with van der Waals surface area (Å²) < 4.78 is 16.0. The highest BCUT2D eigenvalue weighted by Crippen LogP contribution is 2.34. The third-order valence-corrected chi connectivity index (χ3v) is 3.75. The molecule has 0 amide bonds. The number of aliphatic hydroxyl groups excluding tert-OH is 1. The van der Waals surface area contributed by atoms with E-state index in [0.717, 1.165) is 30.7 Å². The molecule has 5 nitrogen and oxygen atoms in total. The second kappa shape index (κ2) is 6.81. The predicted molar refractivity (Wildman–Crippen MR) is 76.5 cm³/mol. The zero-order valence-corrected chi connectivity index (χ0v) is 12.3. The van der Waals surface area contributed by atoms with Crippen molar-refractivity contribution >= 4 is 0 Å². The summed E-state index contributed by atoms with van der Waals surface area (Å²) in [6, 6.07) is 3.77. The van der Waals surface area contributed by atoms with Crippen molar-refractivity contribution in [1.29, 1.82) is 0 Å². The first-order valence-corrected chi connectivity index (χ1v) is 6.85. The molecule has 0 unspecified atom stereocenters. The van der Waals surface area contributed by atoms with Crippen molar-refractivity contribution < 1.29 is 19.3 Å². The van der Waals surface area contributed by atoms with Crippen LogP contribution in [0.4, 0.5) is 0 Å². The average molecular weight is 281 g/mol. The van der Waals surface area contributed by atoms with Gasteiger partial charge in [-0.05, 0) is 31.4 Å². The van der Waals surface area contributed by atoms with Crippen LogP contribution in [0.3, 0.4) is 0 Å². The van der Waals surface area contributed by atoms with Gasteiger partial charge in [-0.15, -0.1) is 0 Å². The highest BCUT2D eigenvalue weighted by atomic mass is 16.5. The Labute approximate surface area is 119 Å². The fourth-order valence-electron chi connectivity index (χ4n) is 2.51. The molecule has 1 fully saturated rings. The summed E-state index contributed by atoms with van der Waals surface area (Å²) in [6.45, 7) is 1.62. The number of nitrogens with one attached hydrogen (secondary N) is 1. The zero-order chi connectivity index (χ0) is 14.5. The van der Waals surface area contributed by atoms with Crippen LogP contribution in [0.5, 0.6) is 17.2 Å². The SMILES string of the molecule is COc1cc(OC)c(OC)cc1CNCC1CC(O)C1. The number of rotatable bonds is 7. The standard InChI is InChI=1S/C15H23NO4/c1-18-13-7-15(20-3)14(19-2)6-11(13)9-16-8-10-4-12(17)5-10/h6-7,10,12,16-17H,4-5,8-9H2,1-3H3. The van der Waals surface area contributed by atoms with E-state index in [0.29, 0.717) is 24.0 Å². The Morgan fingerprint density at radius 1 is 1.05 bits per heavy atom. The van der Waals surface area contributed by atoms with E-state index in [2.05, 4.69) is 5.32 Å². The lowest BCUT2D eigenvalue weighted by Gasteiger charge is -2.31. The molecule has 0 saturated heterocycles. The molecule has 0 atom stereocenters. The summed E-state index contributed by atoms with van der Waals surface area (Å²) in [6.07, 6.45) is 1.70. The Hall–Kier alpha value is -1.46. The molecule has 1 aliphatic carbocycles. The van der Waals surface area contributed by atoms with Gasteiger partial charge in [-0.25, -0.2) is 0 Å². The molecule has 2 rings (SSSR count). The Morgan fingerprint density at radius 2 is 1.65 bits per heavy atom. The number of benzene rings is 1. The van der Waals surface area contributed by atoms with Crippen LogP contribution in [-0.2, 0) is 6.54 Å². The Balaban J connectivity index is 1.98. The van der Waals surface area contributed by atoms with Gasteiger partial charge >= 0.3 is 0 Å². The average Bonchev–Trinajstić information content (AvgIpc) is 2.44. The highest BCUT2D eigenvalue weighted by Gasteiger charge is 2.26. The number of hydrogen-bond donors (Lipinski definition) is 2. The molecule has 0 aliphatic heterocycles. The molecule has 1 saturated carbocycles. The van der Waals surface area contributed by atoms with Crippen LogP contribution in [0.15, 0.2) is 12.1 Å². The van der Waals surface area contributed by atoms with Crippen molar-refractivity contribution in [2.24, 2.45) is 5.92 Å². The monoisotopic (exact) mass is 281 g/mol. The van der Waals surface area contributed by atoms with Crippen molar-refractivity contribution in [3.05, 3.63) is 17.7 Å². The molecule has 1 aliphatic rings. The first kappa shape index (κ1) is 14.9. The molecule has 1 aromatic rings. The van der Waals surface area contributed by atoms with Gasteiger partial charge in [0.25, 0.3) is 0 Å². The predicted octanol–water partition coefficient (Wildman–Crippen LogP) is 1.57. The van der Waals surface area contributed by atoms with Crippen LogP contribution in [0.25, 0.3) is 0 Å². The first-order valence-electron chi connectivity index (χ1n) is 6.85. The van der Waals surface area contributed by atoms with E-state index in [4.69, 9.17) is 14.2 Å². The largest absolute Gasteiger partial charge is 0.496 e. The van der Waals surface area contributed by atoms with Crippen molar-refractivity contribution in [3.63, 3.8) is 0 Å². The summed E-state index contributed by atoms with van der Waals surface area (Å²) in [5, 5.41) is 12.7. The Morgan fingerprint density at radius 3 is 2.20 bits per heavy atom. The maximum Gasteiger partial charge on any atom is 0.164 e. The second-order valence-corrected chi connectivity index (χ2v) is 5.14. The van der Waals surface area contributed by atoms with Gasteiger partial charge < -0.3 is 24.6 Å². The molecule has 2 N–H and O–H groups in total. The van der Waals surface area contributed by atoms with Gasteiger partial charge in [0.05, 0.1) is 27.4 Å². The fraction of sp³-hybridized carbons (Fsp3) is 0.600. The summed E-state index contributed by atoms with van der Waals surface area (Å²) in [5.74, 6) is 2.72. The lowest BCUT2D eigenvalue weighted by molar-refractivity contribution is 0.0429. The molecule has 0 radical (unpaired) electrons. The number of ether oxygens (including phenoxy) is 3. The van der Waals surface area contributed by atoms with E-state index in [1.807, 2.05) is 12.1 Å². The summed E-state index contributed by atoms with van der Waals surface area (Å²) in [7, 11) is 4.88. The minimum absolute atomic E-state index is 0.0996. The smallest absolute Gasteiger partial charge is 0.164 e. The number of hydrogen-bond acceptors (Lipinski definition) is 5. The van der Waals surface area contributed by atoms with Gasteiger partial charge in [-0.3, -0.25) is 0 Å². The van der Waals surface area contributed by atoms with Crippen molar-refractivity contribution in [3.8, 4) is 17.2 Å². The third kappa shape index (κ3) is 3.35. The second-order valence-electron chi connectivity index (χ2n) is 5.14. The van der Waals surface area contributed by atoms with Gasteiger partial charge in [0.1, 0.15) is 5.75 Å². The summed E-state index contributed by atoms with van der Waals surface area (Å²) >= 11 is 0. The Bertz CT molecular complexity index is 444. The van der Waals surface area contributed by atoms with E-state index in [-0.39, 0.29) is 6.10 Å².